The Morgan fingerprint density at radius 3 is 2.53 bits per heavy atom. The molecule has 0 saturated heterocycles. The highest BCUT2D eigenvalue weighted by molar-refractivity contribution is 7.98. The Morgan fingerprint density at radius 1 is 1.16 bits per heavy atom. The third-order valence-electron chi connectivity index (χ3n) is 3.74. The number of nitrogens with one attached hydrogen (secondary N) is 1. The second-order valence-corrected chi connectivity index (χ2v) is 6.17. The van der Waals surface area contributed by atoms with Gasteiger partial charge < -0.3 is 10.4 Å². The Hall–Kier alpha value is -0.710. The third-order valence-corrected chi connectivity index (χ3v) is 4.44. The molecule has 2 N–H and O–H groups in total. The highest BCUT2D eigenvalue weighted by Gasteiger charge is 2.37. The molecule has 5 heteroatoms. The lowest BCUT2D eigenvalue weighted by atomic mass is 9.95. The fourth-order valence-corrected chi connectivity index (χ4v) is 3.13. The van der Waals surface area contributed by atoms with Gasteiger partial charge in [-0.05, 0) is 37.7 Å². The molecule has 0 aromatic heterocycles. The van der Waals surface area contributed by atoms with Crippen molar-refractivity contribution in [2.45, 2.75) is 44.9 Å². The zero-order chi connectivity index (χ0) is 14.1. The smallest absolute Gasteiger partial charge is 0.307 e. The van der Waals surface area contributed by atoms with Crippen molar-refractivity contribution < 1.29 is 14.7 Å². The molecule has 0 spiro atoms. The van der Waals surface area contributed by atoms with Crippen LogP contribution in [0.25, 0.3) is 0 Å². The zero-order valence-electron chi connectivity index (χ0n) is 11.7. The van der Waals surface area contributed by atoms with E-state index in [2.05, 4.69) is 11.6 Å². The van der Waals surface area contributed by atoms with Crippen LogP contribution in [-0.2, 0) is 9.59 Å². The minimum Gasteiger partial charge on any atom is -0.481 e. The number of amides is 1. The van der Waals surface area contributed by atoms with Crippen molar-refractivity contribution in [3.8, 4) is 0 Å². The second-order valence-electron chi connectivity index (χ2n) is 5.18. The van der Waals surface area contributed by atoms with Gasteiger partial charge in [-0.2, -0.15) is 11.8 Å². The van der Waals surface area contributed by atoms with Gasteiger partial charge >= 0.3 is 5.97 Å². The maximum atomic E-state index is 11.9. The Morgan fingerprint density at radius 2 is 1.84 bits per heavy atom. The summed E-state index contributed by atoms with van der Waals surface area (Å²) in [6.07, 6.45) is 8.89. The van der Waals surface area contributed by atoms with Gasteiger partial charge in [0.05, 0.1) is 11.8 Å². The van der Waals surface area contributed by atoms with Crippen LogP contribution < -0.4 is 5.32 Å². The van der Waals surface area contributed by atoms with Crippen LogP contribution in [0.4, 0.5) is 0 Å². The number of aliphatic carboxylic acids is 1. The molecule has 1 fully saturated rings. The summed E-state index contributed by atoms with van der Waals surface area (Å²) in [4.78, 5) is 22.9. The van der Waals surface area contributed by atoms with Crippen molar-refractivity contribution in [1.82, 2.24) is 5.32 Å². The summed E-state index contributed by atoms with van der Waals surface area (Å²) in [5, 5.41) is 11.9. The first-order chi connectivity index (χ1) is 9.16. The molecule has 0 bridgehead atoms. The molecule has 2 atom stereocenters. The summed E-state index contributed by atoms with van der Waals surface area (Å²) in [6, 6.07) is 0. The van der Waals surface area contributed by atoms with E-state index in [0.717, 1.165) is 25.7 Å². The lowest BCUT2D eigenvalue weighted by Gasteiger charge is -2.15. The summed E-state index contributed by atoms with van der Waals surface area (Å²) >= 11 is 1.86. The molecule has 1 saturated carbocycles. The number of carboxylic acid groups (broad SMARTS) is 1. The van der Waals surface area contributed by atoms with Gasteiger partial charge in [0.25, 0.3) is 0 Å². The van der Waals surface area contributed by atoms with E-state index in [9.17, 15) is 9.59 Å². The Balaban J connectivity index is 2.12. The summed E-state index contributed by atoms with van der Waals surface area (Å²) in [6.45, 7) is 0.681. The summed E-state index contributed by atoms with van der Waals surface area (Å²) in [5.41, 5.74) is 0. The van der Waals surface area contributed by atoms with E-state index in [-0.39, 0.29) is 11.8 Å². The van der Waals surface area contributed by atoms with Crippen molar-refractivity contribution in [1.29, 1.82) is 0 Å². The molecule has 4 nitrogen and oxygen atoms in total. The number of hydrogen-bond acceptors (Lipinski definition) is 3. The molecule has 0 heterocycles. The van der Waals surface area contributed by atoms with Crippen molar-refractivity contribution in [2.75, 3.05) is 18.6 Å². The number of thioether (sulfide) groups is 1. The maximum absolute atomic E-state index is 11.9. The van der Waals surface area contributed by atoms with Crippen LogP contribution in [0.1, 0.15) is 44.9 Å². The average molecular weight is 287 g/mol. The number of unbranched alkanes of at least 4 members (excludes halogenated alkanes) is 3. The van der Waals surface area contributed by atoms with Crippen molar-refractivity contribution in [3.05, 3.63) is 0 Å². The van der Waals surface area contributed by atoms with Gasteiger partial charge in [0.2, 0.25) is 5.91 Å². The van der Waals surface area contributed by atoms with Crippen LogP contribution in [0.3, 0.4) is 0 Å². The van der Waals surface area contributed by atoms with Crippen molar-refractivity contribution in [2.24, 2.45) is 11.8 Å². The predicted octanol–water partition coefficient (Wildman–Crippen LogP) is 2.53. The minimum atomic E-state index is -0.824. The Bertz CT molecular complexity index is 296. The molecular formula is C14H25NO3S. The van der Waals surface area contributed by atoms with E-state index in [1.165, 1.54) is 18.6 Å². The Labute approximate surface area is 119 Å². The first-order valence-corrected chi connectivity index (χ1v) is 8.55. The van der Waals surface area contributed by atoms with Gasteiger partial charge in [0.15, 0.2) is 0 Å². The number of rotatable bonds is 9. The van der Waals surface area contributed by atoms with E-state index in [1.807, 2.05) is 11.8 Å². The van der Waals surface area contributed by atoms with Crippen LogP contribution in [-0.4, -0.2) is 35.5 Å². The average Bonchev–Trinajstić information content (AvgIpc) is 2.87. The van der Waals surface area contributed by atoms with Gasteiger partial charge in [0.1, 0.15) is 0 Å². The molecule has 110 valence electrons. The Kier molecular flexibility index (Phi) is 7.94. The molecule has 1 aliphatic rings. The normalized spacial score (nSPS) is 22.4. The lowest BCUT2D eigenvalue weighted by molar-refractivity contribution is -0.146. The molecule has 0 aromatic rings. The molecule has 19 heavy (non-hydrogen) atoms. The van der Waals surface area contributed by atoms with E-state index < -0.39 is 11.9 Å². The second kappa shape index (κ2) is 9.23. The quantitative estimate of drug-likeness (QED) is 0.640. The summed E-state index contributed by atoms with van der Waals surface area (Å²) in [5.74, 6) is -0.464. The van der Waals surface area contributed by atoms with E-state index in [1.54, 1.807) is 0 Å². The predicted molar refractivity (Wildman–Crippen MR) is 78.3 cm³/mol. The van der Waals surface area contributed by atoms with Crippen molar-refractivity contribution >= 4 is 23.6 Å². The van der Waals surface area contributed by atoms with Gasteiger partial charge in [-0.3, -0.25) is 9.59 Å². The largest absolute Gasteiger partial charge is 0.481 e. The standard InChI is InChI=1S/C14H25NO3S/c1-19-10-5-3-2-4-9-15-13(16)11-7-6-8-12(11)14(17)18/h11-12H,2-10H2,1H3,(H,15,16)(H,17,18)/t11-,12+/m1/s1. The highest BCUT2D eigenvalue weighted by Crippen LogP contribution is 2.31. The topological polar surface area (TPSA) is 66.4 Å². The third kappa shape index (κ3) is 5.85. The zero-order valence-corrected chi connectivity index (χ0v) is 12.5. The molecule has 0 aromatic carbocycles. The molecule has 0 radical (unpaired) electrons. The maximum Gasteiger partial charge on any atom is 0.307 e. The van der Waals surface area contributed by atoms with Gasteiger partial charge in [-0.1, -0.05) is 19.3 Å². The van der Waals surface area contributed by atoms with E-state index >= 15 is 0 Å². The SMILES string of the molecule is CSCCCCCCNC(=O)[C@@H]1CCC[C@@H]1C(=O)O. The molecule has 1 aliphatic carbocycles. The number of carboxylic acids is 1. The van der Waals surface area contributed by atoms with E-state index in [0.29, 0.717) is 13.0 Å². The summed E-state index contributed by atoms with van der Waals surface area (Å²) < 4.78 is 0. The van der Waals surface area contributed by atoms with Crippen molar-refractivity contribution in [3.63, 3.8) is 0 Å². The number of hydrogen-bond donors (Lipinski definition) is 2. The highest BCUT2D eigenvalue weighted by atomic mass is 32.2. The fraction of sp³-hybridized carbons (Fsp3) is 0.857. The van der Waals surface area contributed by atoms with Crippen LogP contribution in [0.5, 0.6) is 0 Å². The van der Waals surface area contributed by atoms with E-state index in [4.69, 9.17) is 5.11 Å². The number of carbonyl (C=O) groups is 2. The molecule has 0 aliphatic heterocycles. The lowest BCUT2D eigenvalue weighted by Crippen LogP contribution is -2.35. The first kappa shape index (κ1) is 16.3. The van der Waals surface area contributed by atoms with Crippen LogP contribution >= 0.6 is 11.8 Å². The summed E-state index contributed by atoms with van der Waals surface area (Å²) in [7, 11) is 0. The molecule has 1 amide bonds. The molecule has 1 rings (SSSR count). The molecular weight excluding hydrogens is 262 g/mol. The van der Waals surface area contributed by atoms with Gasteiger partial charge in [-0.25, -0.2) is 0 Å². The van der Waals surface area contributed by atoms with Crippen LogP contribution in [0.15, 0.2) is 0 Å². The number of carbonyl (C=O) groups excluding carboxylic acids is 1. The van der Waals surface area contributed by atoms with Crippen LogP contribution in [0.2, 0.25) is 0 Å². The van der Waals surface area contributed by atoms with Crippen LogP contribution in [0, 0.1) is 11.8 Å². The fourth-order valence-electron chi connectivity index (χ4n) is 2.64. The van der Waals surface area contributed by atoms with Gasteiger partial charge in [-0.15, -0.1) is 0 Å². The minimum absolute atomic E-state index is 0.0611. The van der Waals surface area contributed by atoms with Gasteiger partial charge in [0, 0.05) is 6.54 Å². The molecule has 0 unspecified atom stereocenters. The monoisotopic (exact) mass is 287 g/mol. The first-order valence-electron chi connectivity index (χ1n) is 7.16.